The third-order valence-corrected chi connectivity index (χ3v) is 6.95. The van der Waals surface area contributed by atoms with E-state index in [9.17, 15) is 4.79 Å². The molecule has 0 spiro atoms. The van der Waals surface area contributed by atoms with Gasteiger partial charge in [-0.3, -0.25) is 9.69 Å². The number of hydrogen-bond acceptors (Lipinski definition) is 7. The van der Waals surface area contributed by atoms with Gasteiger partial charge in [0, 0.05) is 25.6 Å². The average Bonchev–Trinajstić information content (AvgIpc) is 3.54. The zero-order valence-corrected chi connectivity index (χ0v) is 17.5. The highest BCUT2D eigenvalue weighted by atomic mass is 16.6. The number of nitrogens with zero attached hydrogens (tertiary/aromatic N) is 6. The van der Waals surface area contributed by atoms with Crippen LogP contribution in [-0.4, -0.2) is 48.1 Å². The van der Waals surface area contributed by atoms with Crippen LogP contribution in [0.15, 0.2) is 33.8 Å². The van der Waals surface area contributed by atoms with Gasteiger partial charge in [-0.1, -0.05) is 31.9 Å². The van der Waals surface area contributed by atoms with Gasteiger partial charge in [0.15, 0.2) is 5.65 Å². The van der Waals surface area contributed by atoms with Crippen LogP contribution >= 0.6 is 0 Å². The Morgan fingerprint density at radius 2 is 2.06 bits per heavy atom. The van der Waals surface area contributed by atoms with E-state index in [4.69, 9.17) is 9.61 Å². The van der Waals surface area contributed by atoms with E-state index in [2.05, 4.69) is 38.3 Å². The molecule has 1 saturated carbocycles. The van der Waals surface area contributed by atoms with E-state index in [1.54, 1.807) is 6.20 Å². The van der Waals surface area contributed by atoms with Crippen LogP contribution in [0.4, 0.5) is 0 Å². The van der Waals surface area contributed by atoms with E-state index in [1.807, 2.05) is 16.8 Å². The minimum Gasteiger partial charge on any atom is -0.310 e. The molecule has 1 N–H and O–H groups in total. The van der Waals surface area contributed by atoms with Gasteiger partial charge in [0.05, 0.1) is 12.2 Å². The minimum absolute atomic E-state index is 0.0895. The van der Waals surface area contributed by atoms with Gasteiger partial charge < -0.3 is 4.98 Å². The molecular formula is C22H25N7O2. The largest absolute Gasteiger partial charge is 0.310 e. The summed E-state index contributed by atoms with van der Waals surface area (Å²) in [6.07, 6.45) is 6.31. The van der Waals surface area contributed by atoms with Crippen molar-refractivity contribution in [3.05, 3.63) is 46.1 Å². The first kappa shape index (κ1) is 18.7. The maximum atomic E-state index is 12.8. The molecule has 31 heavy (non-hydrogen) atoms. The van der Waals surface area contributed by atoms with Crippen molar-refractivity contribution in [2.45, 2.75) is 51.1 Å². The lowest BCUT2D eigenvalue weighted by molar-refractivity contribution is 0.310. The molecule has 9 heteroatoms. The Morgan fingerprint density at radius 3 is 2.94 bits per heavy atom. The van der Waals surface area contributed by atoms with Crippen molar-refractivity contribution < 1.29 is 4.63 Å². The van der Waals surface area contributed by atoms with E-state index in [0.29, 0.717) is 17.3 Å². The Kier molecular flexibility index (Phi) is 4.38. The second kappa shape index (κ2) is 7.26. The number of aromatic amines is 1. The van der Waals surface area contributed by atoms with Crippen LogP contribution in [0.1, 0.15) is 56.0 Å². The monoisotopic (exact) mass is 419 g/mol. The van der Waals surface area contributed by atoms with Crippen LogP contribution in [0.5, 0.6) is 0 Å². The van der Waals surface area contributed by atoms with Crippen molar-refractivity contribution >= 4 is 22.1 Å². The molecule has 4 aromatic rings. The van der Waals surface area contributed by atoms with Crippen molar-refractivity contribution in [1.29, 1.82) is 0 Å². The van der Waals surface area contributed by atoms with Crippen LogP contribution in [-0.2, 0) is 6.54 Å². The van der Waals surface area contributed by atoms with Crippen LogP contribution in [0.3, 0.4) is 0 Å². The first-order valence-electron chi connectivity index (χ1n) is 11.1. The third-order valence-electron chi connectivity index (χ3n) is 6.95. The summed E-state index contributed by atoms with van der Waals surface area (Å²) in [6.45, 7) is 4.74. The molecule has 2 aliphatic rings. The first-order valence-corrected chi connectivity index (χ1v) is 11.1. The van der Waals surface area contributed by atoms with Gasteiger partial charge >= 0.3 is 0 Å². The Morgan fingerprint density at radius 1 is 1.19 bits per heavy atom. The number of likely N-dealkylation sites (tertiary alicyclic amines) is 1. The number of fused-ring (bicyclic) bond motifs is 2. The number of H-pyrrole nitrogens is 1. The zero-order chi connectivity index (χ0) is 20.9. The van der Waals surface area contributed by atoms with Gasteiger partial charge in [-0.05, 0) is 40.7 Å². The van der Waals surface area contributed by atoms with E-state index < -0.39 is 0 Å². The van der Waals surface area contributed by atoms with Crippen molar-refractivity contribution in [3.63, 3.8) is 0 Å². The summed E-state index contributed by atoms with van der Waals surface area (Å²) in [4.78, 5) is 23.2. The van der Waals surface area contributed by atoms with E-state index in [0.717, 1.165) is 60.5 Å². The second-order valence-electron chi connectivity index (χ2n) is 9.04. The molecule has 0 unspecified atom stereocenters. The Labute approximate surface area is 178 Å². The number of benzene rings is 1. The van der Waals surface area contributed by atoms with E-state index in [-0.39, 0.29) is 11.5 Å². The maximum absolute atomic E-state index is 12.8. The predicted octanol–water partition coefficient (Wildman–Crippen LogP) is 3.01. The first-order chi connectivity index (χ1) is 15.2. The highest BCUT2D eigenvalue weighted by Crippen LogP contribution is 2.34. The molecule has 0 radical (unpaired) electrons. The van der Waals surface area contributed by atoms with Crippen molar-refractivity contribution in [2.75, 3.05) is 13.1 Å². The lowest BCUT2D eigenvalue weighted by Gasteiger charge is -2.16. The topological polar surface area (TPSA) is 106 Å². The molecule has 2 fully saturated rings. The fourth-order valence-electron chi connectivity index (χ4n) is 5.33. The highest BCUT2D eigenvalue weighted by molar-refractivity contribution is 5.76. The van der Waals surface area contributed by atoms with Gasteiger partial charge in [0.2, 0.25) is 0 Å². The molecular weight excluding hydrogens is 394 g/mol. The van der Waals surface area contributed by atoms with Crippen molar-refractivity contribution in [2.24, 2.45) is 5.92 Å². The molecule has 1 aliphatic carbocycles. The Hall–Kier alpha value is -3.07. The van der Waals surface area contributed by atoms with Crippen LogP contribution in [0, 0.1) is 5.92 Å². The van der Waals surface area contributed by atoms with Crippen LogP contribution in [0.2, 0.25) is 0 Å². The smallest absolute Gasteiger partial charge is 0.262 e. The van der Waals surface area contributed by atoms with Crippen molar-refractivity contribution in [3.8, 4) is 0 Å². The van der Waals surface area contributed by atoms with Crippen LogP contribution < -0.4 is 5.56 Å². The molecule has 1 saturated heterocycles. The molecule has 4 heterocycles. The zero-order valence-electron chi connectivity index (χ0n) is 17.5. The molecule has 1 aliphatic heterocycles. The number of nitrogens with one attached hydrogen (secondary N) is 1. The number of rotatable bonds is 4. The predicted molar refractivity (Wildman–Crippen MR) is 115 cm³/mol. The number of aromatic nitrogens is 6. The molecule has 9 nitrogen and oxygen atoms in total. The van der Waals surface area contributed by atoms with Gasteiger partial charge in [0.1, 0.15) is 22.2 Å². The molecule has 0 amide bonds. The Balaban J connectivity index is 1.30. The summed E-state index contributed by atoms with van der Waals surface area (Å²) >= 11 is 0. The molecule has 160 valence electrons. The van der Waals surface area contributed by atoms with Crippen molar-refractivity contribution in [1.82, 2.24) is 35.0 Å². The molecule has 2 atom stereocenters. The summed E-state index contributed by atoms with van der Waals surface area (Å²) in [5.74, 6) is 1.31. The minimum atomic E-state index is -0.0895. The normalized spacial score (nSPS) is 22.9. The molecule has 6 rings (SSSR count). The highest BCUT2D eigenvalue weighted by Gasteiger charge is 2.33. The second-order valence-corrected chi connectivity index (χ2v) is 9.04. The molecule has 1 aromatic carbocycles. The summed E-state index contributed by atoms with van der Waals surface area (Å²) < 4.78 is 6.89. The Bertz CT molecular complexity index is 1300. The fourth-order valence-corrected chi connectivity index (χ4v) is 5.33. The van der Waals surface area contributed by atoms with Gasteiger partial charge in [-0.15, -0.1) is 0 Å². The summed E-state index contributed by atoms with van der Waals surface area (Å²) in [7, 11) is 0. The lowest BCUT2D eigenvalue weighted by atomic mass is 9.97. The summed E-state index contributed by atoms with van der Waals surface area (Å²) in [5.41, 5.74) is 3.33. The van der Waals surface area contributed by atoms with Crippen LogP contribution in [0.25, 0.3) is 22.1 Å². The standard InChI is InChI=1S/C22H25N7O2/c1-13-10-28(11-14-5-4-8-18-19(14)27-31-26-18)12-17(13)20-24-21-16(22(30)25-20)9-23-29(21)15-6-2-3-7-15/h4-5,8-9,13,15,17H,2-3,6-7,10-12H2,1H3,(H,24,25,30)/t13-,17-/m1/s1. The molecule has 0 bridgehead atoms. The van der Waals surface area contributed by atoms with Gasteiger partial charge in [0.25, 0.3) is 5.56 Å². The van der Waals surface area contributed by atoms with E-state index >= 15 is 0 Å². The SMILES string of the molecule is C[C@@H]1CN(Cc2cccc3nonc23)C[C@H]1c1nc2c(cnn2C2CCCC2)c(=O)[nH]1. The summed E-state index contributed by atoms with van der Waals surface area (Å²) in [6, 6.07) is 6.31. The van der Waals surface area contributed by atoms with Gasteiger partial charge in [-0.2, -0.15) is 5.10 Å². The average molecular weight is 419 g/mol. The number of hydrogen-bond donors (Lipinski definition) is 1. The maximum Gasteiger partial charge on any atom is 0.262 e. The fraction of sp³-hybridized carbons (Fsp3) is 0.500. The quantitative estimate of drug-likeness (QED) is 0.542. The third kappa shape index (κ3) is 3.15. The summed E-state index contributed by atoms with van der Waals surface area (Å²) in [5, 5.41) is 13.1. The van der Waals surface area contributed by atoms with Gasteiger partial charge in [-0.25, -0.2) is 14.3 Å². The molecule has 3 aromatic heterocycles. The lowest BCUT2D eigenvalue weighted by Crippen LogP contribution is -2.22. The van der Waals surface area contributed by atoms with E-state index in [1.165, 1.54) is 12.8 Å².